The summed E-state index contributed by atoms with van der Waals surface area (Å²) in [6, 6.07) is 19.0. The van der Waals surface area contributed by atoms with Crippen LogP contribution in [0.4, 0.5) is 5.13 Å². The normalized spacial score (nSPS) is 12.0. The second-order valence-electron chi connectivity index (χ2n) is 7.07. The smallest absolute Gasteiger partial charge is 0.286 e. The highest BCUT2D eigenvalue weighted by Crippen LogP contribution is 2.18. The van der Waals surface area contributed by atoms with Gasteiger partial charge in [-0.15, -0.1) is 0 Å². The molecule has 0 saturated heterocycles. The van der Waals surface area contributed by atoms with E-state index < -0.39 is 15.6 Å². The lowest BCUT2D eigenvalue weighted by Crippen LogP contribution is -2.11. The van der Waals surface area contributed by atoms with E-state index in [1.807, 2.05) is 6.07 Å². The van der Waals surface area contributed by atoms with E-state index in [-0.39, 0.29) is 11.5 Å². The van der Waals surface area contributed by atoms with Crippen LogP contribution in [0.25, 0.3) is 0 Å². The molecule has 2 aromatic carbocycles. The zero-order valence-corrected chi connectivity index (χ0v) is 19.6. The first-order valence-corrected chi connectivity index (χ1v) is 12.8. The molecule has 0 unspecified atom stereocenters. The fourth-order valence-electron chi connectivity index (χ4n) is 2.84. The van der Waals surface area contributed by atoms with Crippen LogP contribution in [0.1, 0.15) is 31.2 Å². The number of amides is 2. The van der Waals surface area contributed by atoms with Gasteiger partial charge in [-0.1, -0.05) is 53.7 Å². The summed E-state index contributed by atoms with van der Waals surface area (Å²) in [4.78, 5) is 34.2. The topological polar surface area (TPSA) is 101 Å². The minimum Gasteiger partial charge on any atom is -0.298 e. The lowest BCUT2D eigenvalue weighted by Gasteiger charge is -2.03. The van der Waals surface area contributed by atoms with E-state index in [0.29, 0.717) is 26.0 Å². The van der Waals surface area contributed by atoms with E-state index in [1.54, 1.807) is 66.9 Å². The second kappa shape index (κ2) is 10.2. The van der Waals surface area contributed by atoms with Crippen molar-refractivity contribution in [3.63, 3.8) is 0 Å². The molecule has 1 N–H and O–H groups in total. The third kappa shape index (κ3) is 5.81. The maximum absolute atomic E-state index is 12.9. The van der Waals surface area contributed by atoms with Crippen molar-refractivity contribution in [3.05, 3.63) is 107 Å². The van der Waals surface area contributed by atoms with Gasteiger partial charge in [0.2, 0.25) is 0 Å². The summed E-state index contributed by atoms with van der Waals surface area (Å²) in [5.41, 5.74) is 1.22. The van der Waals surface area contributed by atoms with Crippen LogP contribution in [0.5, 0.6) is 0 Å². The molecule has 4 rings (SSSR count). The average Bonchev–Trinajstić information content (AvgIpc) is 3.31. The van der Waals surface area contributed by atoms with Crippen molar-refractivity contribution in [2.45, 2.75) is 4.90 Å². The van der Waals surface area contributed by atoms with Gasteiger partial charge in [-0.25, -0.2) is 9.19 Å². The summed E-state index contributed by atoms with van der Waals surface area (Å²) in [5, 5.41) is 3.17. The van der Waals surface area contributed by atoms with Gasteiger partial charge in [-0.3, -0.25) is 19.9 Å². The Bertz CT molecular complexity index is 1530. The zero-order chi connectivity index (χ0) is 24.0. The first kappa shape index (κ1) is 23.0. The third-order valence-electron chi connectivity index (χ3n) is 4.52. The van der Waals surface area contributed by atoms with Crippen LogP contribution in [0, 0.1) is 11.8 Å². The molecule has 2 heterocycles. The van der Waals surface area contributed by atoms with Gasteiger partial charge in [0, 0.05) is 34.7 Å². The Balaban J connectivity index is 1.48. The molecule has 0 spiro atoms. The van der Waals surface area contributed by atoms with E-state index in [1.165, 1.54) is 30.0 Å². The predicted octanol–water partition coefficient (Wildman–Crippen LogP) is 4.49. The van der Waals surface area contributed by atoms with Crippen LogP contribution in [0.2, 0.25) is 0 Å². The number of hydrogen-bond acceptors (Lipinski definition) is 6. The SMILES string of the molecule is C[S@@](=O)(=NC(=O)c1cncc(C#Cc2cnc(NC(=O)c3ccccc3)s2)c1)c1ccccc1. The minimum absolute atomic E-state index is 0.192. The van der Waals surface area contributed by atoms with Crippen LogP contribution in [0.15, 0.2) is 94.6 Å². The lowest BCUT2D eigenvalue weighted by molar-refractivity contribution is 0.100. The largest absolute Gasteiger partial charge is 0.298 e. The number of thiazole rings is 1. The Morgan fingerprint density at radius 1 is 0.941 bits per heavy atom. The van der Waals surface area contributed by atoms with Gasteiger partial charge < -0.3 is 0 Å². The Morgan fingerprint density at radius 3 is 2.38 bits per heavy atom. The summed E-state index contributed by atoms with van der Waals surface area (Å²) in [6.07, 6.45) is 5.86. The highest BCUT2D eigenvalue weighted by atomic mass is 32.2. The summed E-state index contributed by atoms with van der Waals surface area (Å²) in [5.74, 6) is 5.00. The summed E-state index contributed by atoms with van der Waals surface area (Å²) >= 11 is 1.23. The molecule has 0 fully saturated rings. The quantitative estimate of drug-likeness (QED) is 0.429. The van der Waals surface area contributed by atoms with Crippen LogP contribution in [-0.2, 0) is 9.73 Å². The van der Waals surface area contributed by atoms with Gasteiger partial charge in [-0.05, 0) is 36.3 Å². The molecule has 0 aliphatic rings. The van der Waals surface area contributed by atoms with Crippen molar-refractivity contribution in [3.8, 4) is 11.8 Å². The molecule has 34 heavy (non-hydrogen) atoms. The fourth-order valence-corrected chi connectivity index (χ4v) is 4.70. The van der Waals surface area contributed by atoms with Crippen molar-refractivity contribution in [2.24, 2.45) is 4.36 Å². The van der Waals surface area contributed by atoms with E-state index in [9.17, 15) is 13.8 Å². The number of pyridine rings is 1. The zero-order valence-electron chi connectivity index (χ0n) is 18.0. The Kier molecular flexibility index (Phi) is 6.92. The molecule has 0 aliphatic heterocycles. The van der Waals surface area contributed by atoms with Crippen molar-refractivity contribution >= 4 is 38.0 Å². The molecule has 2 aromatic heterocycles. The van der Waals surface area contributed by atoms with Gasteiger partial charge in [0.15, 0.2) is 5.13 Å². The first-order chi connectivity index (χ1) is 16.4. The third-order valence-corrected chi connectivity index (χ3v) is 7.00. The molecule has 0 saturated carbocycles. The van der Waals surface area contributed by atoms with E-state index in [0.717, 1.165) is 0 Å². The molecule has 168 valence electrons. The summed E-state index contributed by atoms with van der Waals surface area (Å²) < 4.78 is 16.8. The van der Waals surface area contributed by atoms with Crippen LogP contribution in [-0.4, -0.2) is 32.2 Å². The number of benzene rings is 2. The first-order valence-electron chi connectivity index (χ1n) is 10.0. The summed E-state index contributed by atoms with van der Waals surface area (Å²) in [6.45, 7) is 0. The van der Waals surface area contributed by atoms with E-state index >= 15 is 0 Å². The molecule has 0 radical (unpaired) electrons. The number of carbonyl (C=O) groups excluding carboxylic acids is 2. The number of rotatable bonds is 4. The predicted molar refractivity (Wildman–Crippen MR) is 132 cm³/mol. The standard InChI is InChI=1S/C25H18N4O3S2/c1-34(32,22-10-6-3-7-11-22)29-24(31)20-14-18(15-26-16-20)12-13-21-17-27-25(33-21)28-23(30)19-8-4-2-5-9-19/h2-11,14-17H,1H3,(H,27,28,30)/t34-/m0/s1. The second-order valence-corrected chi connectivity index (χ2v) is 10.4. The molecule has 0 aliphatic carbocycles. The van der Waals surface area contributed by atoms with Gasteiger partial charge in [0.25, 0.3) is 11.8 Å². The number of hydrogen-bond donors (Lipinski definition) is 1. The van der Waals surface area contributed by atoms with Crippen LogP contribution in [0.3, 0.4) is 0 Å². The molecule has 2 amide bonds. The number of nitrogens with one attached hydrogen (secondary N) is 1. The van der Waals surface area contributed by atoms with Crippen molar-refractivity contribution in [2.75, 3.05) is 11.6 Å². The molecule has 7 nitrogen and oxygen atoms in total. The van der Waals surface area contributed by atoms with Gasteiger partial charge >= 0.3 is 0 Å². The number of anilines is 1. The molecular formula is C25H18N4O3S2. The van der Waals surface area contributed by atoms with Crippen LogP contribution < -0.4 is 5.32 Å². The maximum atomic E-state index is 12.9. The van der Waals surface area contributed by atoms with Gasteiger partial charge in [-0.2, -0.15) is 4.36 Å². The Hall–Kier alpha value is -4.13. The van der Waals surface area contributed by atoms with Crippen molar-refractivity contribution < 1.29 is 13.8 Å². The Morgan fingerprint density at radius 2 is 1.65 bits per heavy atom. The van der Waals surface area contributed by atoms with E-state index in [2.05, 4.69) is 31.5 Å². The number of carbonyl (C=O) groups is 2. The van der Waals surface area contributed by atoms with Gasteiger partial charge in [0.1, 0.15) is 0 Å². The monoisotopic (exact) mass is 486 g/mol. The van der Waals surface area contributed by atoms with Crippen molar-refractivity contribution in [1.29, 1.82) is 0 Å². The summed E-state index contributed by atoms with van der Waals surface area (Å²) in [7, 11) is -2.88. The van der Waals surface area contributed by atoms with Crippen LogP contribution >= 0.6 is 11.3 Å². The average molecular weight is 487 g/mol. The Labute approximate surface area is 201 Å². The number of aromatic nitrogens is 2. The van der Waals surface area contributed by atoms with Crippen molar-refractivity contribution in [1.82, 2.24) is 9.97 Å². The molecule has 9 heteroatoms. The molecular weight excluding hydrogens is 468 g/mol. The van der Waals surface area contributed by atoms with E-state index in [4.69, 9.17) is 0 Å². The highest BCUT2D eigenvalue weighted by Gasteiger charge is 2.12. The minimum atomic E-state index is -2.88. The fraction of sp³-hybridized carbons (Fsp3) is 0.0400. The maximum Gasteiger partial charge on any atom is 0.286 e. The molecule has 1 atom stereocenters. The lowest BCUT2D eigenvalue weighted by atomic mass is 10.2. The molecule has 0 bridgehead atoms. The molecule has 4 aromatic rings. The van der Waals surface area contributed by atoms with Gasteiger partial charge in [0.05, 0.1) is 26.4 Å². The highest BCUT2D eigenvalue weighted by molar-refractivity contribution is 7.93. The number of nitrogens with zero attached hydrogens (tertiary/aromatic N) is 3.